The molecule has 0 spiro atoms. The summed E-state index contributed by atoms with van der Waals surface area (Å²) in [6.45, 7) is 4.33. The molecule has 0 unspecified atom stereocenters. The molecule has 0 aromatic heterocycles. The Morgan fingerprint density at radius 2 is 1.50 bits per heavy atom. The van der Waals surface area contributed by atoms with E-state index in [0.29, 0.717) is 11.5 Å². The first kappa shape index (κ1) is 17.6. The van der Waals surface area contributed by atoms with Gasteiger partial charge in [0.25, 0.3) is 0 Å². The molecule has 0 bridgehead atoms. The zero-order valence-electron chi connectivity index (χ0n) is 14.5. The van der Waals surface area contributed by atoms with Crippen molar-refractivity contribution < 1.29 is 9.90 Å². The van der Waals surface area contributed by atoms with Crippen LogP contribution in [0.2, 0.25) is 0 Å². The van der Waals surface area contributed by atoms with Gasteiger partial charge in [0.15, 0.2) is 0 Å². The highest BCUT2D eigenvalue weighted by atomic mass is 16.4. The molecule has 0 atom stereocenters. The lowest BCUT2D eigenvalue weighted by Gasteiger charge is -2.38. The van der Waals surface area contributed by atoms with Crippen molar-refractivity contribution in [2.24, 2.45) is 23.7 Å². The highest BCUT2D eigenvalue weighted by Gasteiger charge is 2.32. The second kappa shape index (κ2) is 8.74. The highest BCUT2D eigenvalue weighted by Crippen LogP contribution is 2.43. The highest BCUT2D eigenvalue weighted by molar-refractivity contribution is 5.87. The number of hydrogen-bond donors (Lipinski definition) is 1. The molecular weight excluding hydrogens is 272 g/mol. The van der Waals surface area contributed by atoms with E-state index in [0.717, 1.165) is 37.0 Å². The lowest BCUT2D eigenvalue weighted by Crippen LogP contribution is -2.27. The fraction of sp³-hybridized carbons (Fsp3) is 0.850. The summed E-state index contributed by atoms with van der Waals surface area (Å²) < 4.78 is 0. The van der Waals surface area contributed by atoms with Crippen molar-refractivity contribution in [3.63, 3.8) is 0 Å². The molecule has 2 rings (SSSR count). The van der Waals surface area contributed by atoms with Crippen LogP contribution in [0.4, 0.5) is 0 Å². The number of allylic oxidation sites excluding steroid dienone is 1. The Labute approximate surface area is 136 Å². The summed E-state index contributed by atoms with van der Waals surface area (Å²) in [6.07, 6.45) is 16.0. The number of hydrogen-bond acceptors (Lipinski definition) is 1. The maximum Gasteiger partial charge on any atom is 0.331 e. The van der Waals surface area contributed by atoms with Crippen LogP contribution in [-0.2, 0) is 4.79 Å². The van der Waals surface area contributed by atoms with Gasteiger partial charge in [-0.25, -0.2) is 4.79 Å². The predicted molar refractivity (Wildman–Crippen MR) is 91.8 cm³/mol. The van der Waals surface area contributed by atoms with Crippen LogP contribution in [-0.4, -0.2) is 11.1 Å². The molecule has 1 N–H and O–H groups in total. The third kappa shape index (κ3) is 4.60. The van der Waals surface area contributed by atoms with Gasteiger partial charge in [-0.05, 0) is 68.6 Å². The van der Waals surface area contributed by atoms with E-state index in [2.05, 4.69) is 6.92 Å². The Kier molecular flexibility index (Phi) is 6.98. The van der Waals surface area contributed by atoms with Crippen LogP contribution in [0, 0.1) is 23.7 Å². The van der Waals surface area contributed by atoms with Gasteiger partial charge in [-0.1, -0.05) is 45.6 Å². The third-order valence-corrected chi connectivity index (χ3v) is 6.14. The quantitative estimate of drug-likeness (QED) is 0.628. The van der Waals surface area contributed by atoms with E-state index in [1.165, 1.54) is 51.4 Å². The maximum absolute atomic E-state index is 11.4. The molecule has 2 aliphatic carbocycles. The minimum absolute atomic E-state index is 0.310. The van der Waals surface area contributed by atoms with Crippen molar-refractivity contribution in [1.82, 2.24) is 0 Å². The van der Waals surface area contributed by atoms with Gasteiger partial charge in [-0.2, -0.15) is 0 Å². The molecule has 2 aliphatic rings. The molecule has 0 aromatic rings. The average molecular weight is 306 g/mol. The minimum Gasteiger partial charge on any atom is -0.478 e. The molecule has 0 amide bonds. The Bertz CT molecular complexity index is 369. The van der Waals surface area contributed by atoms with Crippen LogP contribution in [0.25, 0.3) is 0 Å². The van der Waals surface area contributed by atoms with Crippen molar-refractivity contribution in [1.29, 1.82) is 0 Å². The van der Waals surface area contributed by atoms with E-state index in [4.69, 9.17) is 0 Å². The molecule has 0 aliphatic heterocycles. The Balaban J connectivity index is 1.80. The van der Waals surface area contributed by atoms with Crippen molar-refractivity contribution >= 4 is 5.97 Å². The average Bonchev–Trinajstić information content (AvgIpc) is 2.54. The number of aliphatic carboxylic acids is 1. The number of carboxylic acid groups (broad SMARTS) is 1. The van der Waals surface area contributed by atoms with Crippen LogP contribution >= 0.6 is 0 Å². The lowest BCUT2D eigenvalue weighted by molar-refractivity contribution is -0.133. The minimum atomic E-state index is -0.689. The molecule has 2 fully saturated rings. The molecule has 126 valence electrons. The van der Waals surface area contributed by atoms with Gasteiger partial charge in [-0.15, -0.1) is 0 Å². The maximum atomic E-state index is 11.4. The molecule has 2 nitrogen and oxygen atoms in total. The number of rotatable bonds is 6. The largest absolute Gasteiger partial charge is 0.478 e. The second-order valence-corrected chi connectivity index (χ2v) is 7.55. The molecule has 0 radical (unpaired) electrons. The van der Waals surface area contributed by atoms with Gasteiger partial charge in [-0.3, -0.25) is 0 Å². The fourth-order valence-corrected chi connectivity index (χ4v) is 4.91. The fourth-order valence-electron chi connectivity index (χ4n) is 4.91. The van der Waals surface area contributed by atoms with Crippen LogP contribution in [0.3, 0.4) is 0 Å². The first-order valence-electron chi connectivity index (χ1n) is 9.59. The summed E-state index contributed by atoms with van der Waals surface area (Å²) in [5.74, 6) is 2.41. The van der Waals surface area contributed by atoms with Crippen LogP contribution in [0.5, 0.6) is 0 Å². The van der Waals surface area contributed by atoms with E-state index in [-0.39, 0.29) is 0 Å². The molecule has 0 aromatic carbocycles. The predicted octanol–water partition coefficient (Wildman–Crippen LogP) is 5.82. The summed E-state index contributed by atoms with van der Waals surface area (Å²) in [4.78, 5) is 11.4. The van der Waals surface area contributed by atoms with Crippen molar-refractivity contribution in [3.8, 4) is 0 Å². The van der Waals surface area contributed by atoms with Gasteiger partial charge < -0.3 is 5.11 Å². The monoisotopic (exact) mass is 306 g/mol. The van der Waals surface area contributed by atoms with E-state index in [9.17, 15) is 9.90 Å². The second-order valence-electron chi connectivity index (χ2n) is 7.55. The SMILES string of the molecule is CCC=C(C(=O)O)[C@H]1CC[C@H]([C@H]2CC[C@H](CCC)CC2)CC1. The molecule has 0 saturated heterocycles. The lowest BCUT2D eigenvalue weighted by atomic mass is 9.68. The molecular formula is C20H34O2. The van der Waals surface area contributed by atoms with Crippen molar-refractivity contribution in [2.75, 3.05) is 0 Å². The van der Waals surface area contributed by atoms with Crippen molar-refractivity contribution in [3.05, 3.63) is 11.6 Å². The third-order valence-electron chi connectivity index (χ3n) is 6.14. The van der Waals surface area contributed by atoms with E-state index in [1.807, 2.05) is 13.0 Å². The van der Waals surface area contributed by atoms with Crippen LogP contribution in [0.15, 0.2) is 11.6 Å². The molecule has 0 heterocycles. The summed E-state index contributed by atoms with van der Waals surface area (Å²) >= 11 is 0. The zero-order valence-corrected chi connectivity index (χ0v) is 14.5. The smallest absolute Gasteiger partial charge is 0.331 e. The Morgan fingerprint density at radius 3 is 1.95 bits per heavy atom. The van der Waals surface area contributed by atoms with Gasteiger partial charge in [0.2, 0.25) is 0 Å². The summed E-state index contributed by atoms with van der Waals surface area (Å²) in [5.41, 5.74) is 0.688. The van der Waals surface area contributed by atoms with Gasteiger partial charge in [0.1, 0.15) is 0 Å². The van der Waals surface area contributed by atoms with Crippen LogP contribution < -0.4 is 0 Å². The van der Waals surface area contributed by atoms with E-state index < -0.39 is 5.97 Å². The molecule has 2 saturated carbocycles. The van der Waals surface area contributed by atoms with Gasteiger partial charge in [0, 0.05) is 5.57 Å². The summed E-state index contributed by atoms with van der Waals surface area (Å²) in [5, 5.41) is 9.38. The standard InChI is InChI=1S/C20H34O2/c1-3-5-15-7-9-16(10-8-15)17-11-13-18(14-12-17)19(6-4-2)20(21)22/h6,15-18H,3-5,7-14H2,1-2H3,(H,21,22)/t15-,16-,17-,18-. The Hall–Kier alpha value is -0.790. The first-order chi connectivity index (χ1) is 10.7. The first-order valence-corrected chi connectivity index (χ1v) is 9.59. The number of carbonyl (C=O) groups is 1. The molecule has 22 heavy (non-hydrogen) atoms. The van der Waals surface area contributed by atoms with Gasteiger partial charge in [0.05, 0.1) is 0 Å². The zero-order chi connectivity index (χ0) is 15.9. The van der Waals surface area contributed by atoms with Crippen LogP contribution in [0.1, 0.15) is 84.5 Å². The normalized spacial score (nSPS) is 33.6. The van der Waals surface area contributed by atoms with Gasteiger partial charge >= 0.3 is 5.97 Å². The molecule has 2 heteroatoms. The summed E-state index contributed by atoms with van der Waals surface area (Å²) in [6, 6.07) is 0. The number of carboxylic acids is 1. The Morgan fingerprint density at radius 1 is 0.955 bits per heavy atom. The summed E-state index contributed by atoms with van der Waals surface area (Å²) in [7, 11) is 0. The van der Waals surface area contributed by atoms with E-state index >= 15 is 0 Å². The van der Waals surface area contributed by atoms with Crippen molar-refractivity contribution in [2.45, 2.75) is 84.5 Å². The topological polar surface area (TPSA) is 37.3 Å². The van der Waals surface area contributed by atoms with E-state index in [1.54, 1.807) is 0 Å².